The van der Waals surface area contributed by atoms with Crippen LogP contribution in [0.1, 0.15) is 24.5 Å². The molecule has 32 heavy (non-hydrogen) atoms. The highest BCUT2D eigenvalue weighted by Gasteiger charge is 2.32. The largest absolute Gasteiger partial charge is 0.493 e. The molecule has 1 heterocycles. The maximum Gasteiger partial charge on any atom is 0.329 e. The van der Waals surface area contributed by atoms with Gasteiger partial charge in [0.2, 0.25) is 0 Å². The molecule has 6 nitrogen and oxygen atoms in total. The van der Waals surface area contributed by atoms with Crippen LogP contribution in [0.3, 0.4) is 0 Å². The SMILES string of the molecule is CCCN1C(=O)N/C(=C/c2cc(Cl)c(OCc3cccc4ccccc34)c(OC)c2)C1=O. The number of amides is 3. The number of fused-ring (bicyclic) bond motifs is 1. The standard InChI is InChI=1S/C25H23ClN2O4/c1-3-11-28-24(29)21(27-25(28)30)13-16-12-20(26)23(22(14-16)31-2)32-15-18-9-6-8-17-7-4-5-10-19(17)18/h4-10,12-14H,3,11,15H2,1-2H3,(H,27,30)/b21-13+. The van der Waals surface area contributed by atoms with E-state index in [2.05, 4.69) is 23.5 Å². The third-order valence-electron chi connectivity index (χ3n) is 5.22. The molecular weight excluding hydrogens is 428 g/mol. The van der Waals surface area contributed by atoms with E-state index in [0.717, 1.165) is 16.3 Å². The maximum absolute atomic E-state index is 12.5. The van der Waals surface area contributed by atoms with Crippen LogP contribution >= 0.6 is 11.6 Å². The van der Waals surface area contributed by atoms with Crippen LogP contribution in [0.5, 0.6) is 11.5 Å². The molecule has 3 amide bonds. The molecule has 1 saturated heterocycles. The average molecular weight is 451 g/mol. The Morgan fingerprint density at radius 1 is 1.09 bits per heavy atom. The molecule has 1 N–H and O–H groups in total. The van der Waals surface area contributed by atoms with Gasteiger partial charge in [-0.3, -0.25) is 9.69 Å². The van der Waals surface area contributed by atoms with Crippen LogP contribution in [-0.2, 0) is 11.4 Å². The summed E-state index contributed by atoms with van der Waals surface area (Å²) in [5, 5.41) is 5.19. The molecule has 3 aromatic rings. The van der Waals surface area contributed by atoms with Crippen LogP contribution < -0.4 is 14.8 Å². The van der Waals surface area contributed by atoms with Crippen molar-refractivity contribution >= 4 is 40.4 Å². The highest BCUT2D eigenvalue weighted by molar-refractivity contribution is 6.32. The van der Waals surface area contributed by atoms with Gasteiger partial charge in [-0.1, -0.05) is 61.0 Å². The van der Waals surface area contributed by atoms with Crippen molar-refractivity contribution in [2.45, 2.75) is 20.0 Å². The number of carbonyl (C=O) groups excluding carboxylic acids is 2. The lowest BCUT2D eigenvalue weighted by Gasteiger charge is -2.14. The van der Waals surface area contributed by atoms with E-state index in [1.54, 1.807) is 18.2 Å². The van der Waals surface area contributed by atoms with Gasteiger partial charge >= 0.3 is 6.03 Å². The third-order valence-corrected chi connectivity index (χ3v) is 5.50. The summed E-state index contributed by atoms with van der Waals surface area (Å²) in [6.07, 6.45) is 2.27. The Bertz CT molecular complexity index is 1220. The quantitative estimate of drug-likeness (QED) is 0.387. The van der Waals surface area contributed by atoms with Gasteiger partial charge in [-0.25, -0.2) is 4.79 Å². The summed E-state index contributed by atoms with van der Waals surface area (Å²) in [5.74, 6) is 0.494. The molecule has 1 aliphatic rings. The number of hydrogen-bond acceptors (Lipinski definition) is 4. The number of imide groups is 1. The lowest BCUT2D eigenvalue weighted by atomic mass is 10.1. The summed E-state index contributed by atoms with van der Waals surface area (Å²) >= 11 is 6.51. The normalized spacial score (nSPS) is 14.8. The van der Waals surface area contributed by atoms with E-state index in [9.17, 15) is 9.59 Å². The van der Waals surface area contributed by atoms with Gasteiger partial charge in [0.25, 0.3) is 5.91 Å². The van der Waals surface area contributed by atoms with Crippen molar-refractivity contribution in [3.8, 4) is 11.5 Å². The molecule has 1 aliphatic heterocycles. The predicted molar refractivity (Wildman–Crippen MR) is 125 cm³/mol. The van der Waals surface area contributed by atoms with Crippen molar-refractivity contribution in [3.63, 3.8) is 0 Å². The number of nitrogens with zero attached hydrogens (tertiary/aromatic N) is 1. The minimum absolute atomic E-state index is 0.200. The van der Waals surface area contributed by atoms with Crippen LogP contribution in [0.25, 0.3) is 16.8 Å². The fraction of sp³-hybridized carbons (Fsp3) is 0.200. The Morgan fingerprint density at radius 3 is 2.66 bits per heavy atom. The van der Waals surface area contributed by atoms with Gasteiger partial charge in [-0.15, -0.1) is 0 Å². The zero-order chi connectivity index (χ0) is 22.7. The van der Waals surface area contributed by atoms with Gasteiger partial charge in [-0.05, 0) is 46.5 Å². The molecule has 0 bridgehead atoms. The molecule has 3 aromatic carbocycles. The lowest BCUT2D eigenvalue weighted by Crippen LogP contribution is -2.31. The monoisotopic (exact) mass is 450 g/mol. The first-order valence-electron chi connectivity index (χ1n) is 10.3. The molecular formula is C25H23ClN2O4. The lowest BCUT2D eigenvalue weighted by molar-refractivity contribution is -0.122. The minimum Gasteiger partial charge on any atom is -0.493 e. The topological polar surface area (TPSA) is 67.9 Å². The molecule has 0 aliphatic carbocycles. The number of ether oxygens (including phenoxy) is 2. The van der Waals surface area contributed by atoms with Crippen molar-refractivity contribution in [1.82, 2.24) is 10.2 Å². The number of urea groups is 1. The number of methoxy groups -OCH3 is 1. The molecule has 4 rings (SSSR count). The molecule has 0 unspecified atom stereocenters. The molecule has 7 heteroatoms. The Labute approximate surface area is 191 Å². The van der Waals surface area contributed by atoms with Gasteiger partial charge in [0, 0.05) is 6.54 Å². The summed E-state index contributed by atoms with van der Waals surface area (Å²) < 4.78 is 11.5. The van der Waals surface area contributed by atoms with Gasteiger partial charge in [0.15, 0.2) is 11.5 Å². The third kappa shape index (κ3) is 4.27. The van der Waals surface area contributed by atoms with Crippen molar-refractivity contribution in [1.29, 1.82) is 0 Å². The van der Waals surface area contributed by atoms with E-state index in [1.807, 2.05) is 31.2 Å². The van der Waals surface area contributed by atoms with E-state index in [0.29, 0.717) is 41.7 Å². The first kappa shape index (κ1) is 21.7. The van der Waals surface area contributed by atoms with Crippen molar-refractivity contribution in [3.05, 3.63) is 76.4 Å². The highest BCUT2D eigenvalue weighted by atomic mass is 35.5. The second kappa shape index (κ2) is 9.32. The second-order valence-electron chi connectivity index (χ2n) is 7.41. The zero-order valence-electron chi connectivity index (χ0n) is 17.9. The van der Waals surface area contributed by atoms with E-state index >= 15 is 0 Å². The number of benzene rings is 3. The summed E-state index contributed by atoms with van der Waals surface area (Å²) in [5.41, 5.74) is 1.85. The molecule has 0 spiro atoms. The predicted octanol–water partition coefficient (Wildman–Crippen LogP) is 5.38. The van der Waals surface area contributed by atoms with Crippen molar-refractivity contribution < 1.29 is 19.1 Å². The fourth-order valence-electron chi connectivity index (χ4n) is 3.70. The van der Waals surface area contributed by atoms with Gasteiger partial charge in [-0.2, -0.15) is 0 Å². The van der Waals surface area contributed by atoms with Crippen molar-refractivity contribution in [2.75, 3.05) is 13.7 Å². The first-order chi connectivity index (χ1) is 15.5. The Balaban J connectivity index is 1.59. The minimum atomic E-state index is -0.420. The van der Waals surface area contributed by atoms with E-state index in [4.69, 9.17) is 21.1 Å². The van der Waals surface area contributed by atoms with Crippen LogP contribution in [0.15, 0.2) is 60.3 Å². The number of hydrogen-bond donors (Lipinski definition) is 1. The van der Waals surface area contributed by atoms with Crippen molar-refractivity contribution in [2.24, 2.45) is 0 Å². The Morgan fingerprint density at radius 2 is 1.88 bits per heavy atom. The molecule has 0 saturated carbocycles. The number of rotatable bonds is 7. The Kier molecular flexibility index (Phi) is 6.32. The Hall–Kier alpha value is -3.51. The summed E-state index contributed by atoms with van der Waals surface area (Å²) in [6.45, 7) is 2.59. The average Bonchev–Trinajstić information content (AvgIpc) is 3.05. The molecule has 0 aromatic heterocycles. The summed E-state index contributed by atoms with van der Waals surface area (Å²) in [6, 6.07) is 17.1. The van der Waals surface area contributed by atoms with Gasteiger partial charge in [0.05, 0.1) is 12.1 Å². The van der Waals surface area contributed by atoms with E-state index in [-0.39, 0.29) is 11.6 Å². The van der Waals surface area contributed by atoms with Gasteiger partial charge < -0.3 is 14.8 Å². The number of carbonyl (C=O) groups is 2. The maximum atomic E-state index is 12.5. The van der Waals surface area contributed by atoms with E-state index in [1.165, 1.54) is 12.0 Å². The molecule has 0 atom stereocenters. The summed E-state index contributed by atoms with van der Waals surface area (Å²) in [4.78, 5) is 25.7. The fourth-order valence-corrected chi connectivity index (χ4v) is 3.97. The van der Waals surface area contributed by atoms with Crippen LogP contribution in [0.4, 0.5) is 4.79 Å². The number of nitrogens with one attached hydrogen (secondary N) is 1. The molecule has 164 valence electrons. The highest BCUT2D eigenvalue weighted by Crippen LogP contribution is 2.38. The second-order valence-corrected chi connectivity index (χ2v) is 7.81. The van der Waals surface area contributed by atoms with Crippen LogP contribution in [0.2, 0.25) is 5.02 Å². The smallest absolute Gasteiger partial charge is 0.329 e. The van der Waals surface area contributed by atoms with Crippen LogP contribution in [-0.4, -0.2) is 30.5 Å². The van der Waals surface area contributed by atoms with E-state index < -0.39 is 6.03 Å². The first-order valence-corrected chi connectivity index (χ1v) is 10.7. The number of halogens is 1. The molecule has 0 radical (unpaired) electrons. The van der Waals surface area contributed by atoms with Crippen LogP contribution in [0, 0.1) is 0 Å². The molecule has 1 fully saturated rings. The summed E-state index contributed by atoms with van der Waals surface area (Å²) in [7, 11) is 1.53. The zero-order valence-corrected chi connectivity index (χ0v) is 18.6. The van der Waals surface area contributed by atoms with Gasteiger partial charge in [0.1, 0.15) is 12.3 Å².